The molecular weight excluding hydrogens is 317 g/mol. The van der Waals surface area contributed by atoms with Crippen molar-refractivity contribution in [3.63, 3.8) is 0 Å². The van der Waals surface area contributed by atoms with Crippen LogP contribution in [-0.4, -0.2) is 17.7 Å². The number of rotatable bonds is 5. The van der Waals surface area contributed by atoms with E-state index in [1.165, 1.54) is 12.1 Å². The van der Waals surface area contributed by atoms with Gasteiger partial charge in [-0.2, -0.15) is 0 Å². The van der Waals surface area contributed by atoms with Gasteiger partial charge in [-0.1, -0.05) is 42.0 Å². The standard InChI is InChI=1S/C21H22FNO2/c1-13-3-7-16(8-4-13)20-14(2)23-21(25)19(20)12-18(24)11-15-5-9-17(22)10-6-15/h3-10,14,19-20H,11-12H2,1-2H3,(H,23,25)/t14-,19+,20+/m1/s1. The van der Waals surface area contributed by atoms with Crippen molar-refractivity contribution in [3.05, 3.63) is 71.0 Å². The fraction of sp³-hybridized carbons (Fsp3) is 0.333. The summed E-state index contributed by atoms with van der Waals surface area (Å²) in [4.78, 5) is 24.8. The van der Waals surface area contributed by atoms with E-state index in [1.54, 1.807) is 12.1 Å². The van der Waals surface area contributed by atoms with Crippen molar-refractivity contribution in [2.75, 3.05) is 0 Å². The number of amides is 1. The molecule has 2 aromatic carbocycles. The summed E-state index contributed by atoms with van der Waals surface area (Å²) in [5.41, 5.74) is 3.01. The highest BCUT2D eigenvalue weighted by Gasteiger charge is 2.41. The third kappa shape index (κ3) is 3.95. The van der Waals surface area contributed by atoms with Crippen LogP contribution < -0.4 is 5.32 Å². The predicted octanol–water partition coefficient (Wildman–Crippen LogP) is 3.55. The van der Waals surface area contributed by atoms with Gasteiger partial charge in [-0.15, -0.1) is 0 Å². The van der Waals surface area contributed by atoms with Gasteiger partial charge >= 0.3 is 0 Å². The number of aryl methyl sites for hydroxylation is 1. The monoisotopic (exact) mass is 339 g/mol. The number of carbonyl (C=O) groups is 2. The average molecular weight is 339 g/mol. The molecule has 0 unspecified atom stereocenters. The molecule has 1 aliphatic heterocycles. The molecule has 3 atom stereocenters. The van der Waals surface area contributed by atoms with Crippen LogP contribution in [0.15, 0.2) is 48.5 Å². The molecule has 0 aliphatic carbocycles. The highest BCUT2D eigenvalue weighted by molar-refractivity contribution is 5.90. The Bertz CT molecular complexity index is 767. The molecule has 1 N–H and O–H groups in total. The fourth-order valence-corrected chi connectivity index (χ4v) is 3.61. The molecule has 1 amide bonds. The number of ketones is 1. The van der Waals surface area contributed by atoms with Crippen molar-refractivity contribution in [1.82, 2.24) is 5.32 Å². The lowest BCUT2D eigenvalue weighted by Gasteiger charge is -2.20. The maximum atomic E-state index is 13.0. The second-order valence-electron chi connectivity index (χ2n) is 6.89. The van der Waals surface area contributed by atoms with E-state index < -0.39 is 0 Å². The second-order valence-corrected chi connectivity index (χ2v) is 6.89. The Kier molecular flexibility index (Phi) is 4.98. The molecule has 1 aliphatic rings. The van der Waals surface area contributed by atoms with E-state index in [1.807, 2.05) is 38.1 Å². The van der Waals surface area contributed by atoms with Gasteiger partial charge < -0.3 is 5.32 Å². The molecule has 0 saturated carbocycles. The van der Waals surface area contributed by atoms with Crippen LogP contribution in [0.25, 0.3) is 0 Å². The lowest BCUT2D eigenvalue weighted by Crippen LogP contribution is -2.25. The molecule has 1 heterocycles. The summed E-state index contributed by atoms with van der Waals surface area (Å²) in [6, 6.07) is 14.1. The van der Waals surface area contributed by atoms with Crippen LogP contribution in [0.3, 0.4) is 0 Å². The highest BCUT2D eigenvalue weighted by Crippen LogP contribution is 2.36. The lowest BCUT2D eigenvalue weighted by molar-refractivity contribution is -0.127. The van der Waals surface area contributed by atoms with Crippen molar-refractivity contribution in [3.8, 4) is 0 Å². The van der Waals surface area contributed by atoms with Crippen molar-refractivity contribution in [1.29, 1.82) is 0 Å². The first kappa shape index (κ1) is 17.3. The fourth-order valence-electron chi connectivity index (χ4n) is 3.61. The van der Waals surface area contributed by atoms with Gasteiger partial charge in [-0.05, 0) is 37.1 Å². The topological polar surface area (TPSA) is 46.2 Å². The molecule has 3 rings (SSSR count). The minimum atomic E-state index is -0.356. The third-order valence-corrected chi connectivity index (χ3v) is 4.90. The van der Waals surface area contributed by atoms with Crippen LogP contribution in [0, 0.1) is 18.7 Å². The Morgan fingerprint density at radius 2 is 1.72 bits per heavy atom. The first-order valence-electron chi connectivity index (χ1n) is 8.57. The number of benzene rings is 2. The highest BCUT2D eigenvalue weighted by atomic mass is 19.1. The normalized spacial score (nSPS) is 22.7. The zero-order valence-electron chi connectivity index (χ0n) is 14.5. The van der Waals surface area contributed by atoms with E-state index in [4.69, 9.17) is 0 Å². The van der Waals surface area contributed by atoms with Gasteiger partial charge in [0.05, 0.1) is 5.92 Å². The second kappa shape index (κ2) is 7.18. The van der Waals surface area contributed by atoms with Crippen LogP contribution in [0.2, 0.25) is 0 Å². The van der Waals surface area contributed by atoms with Gasteiger partial charge in [-0.3, -0.25) is 9.59 Å². The number of nitrogens with one attached hydrogen (secondary N) is 1. The van der Waals surface area contributed by atoms with E-state index in [2.05, 4.69) is 5.32 Å². The summed E-state index contributed by atoms with van der Waals surface area (Å²) >= 11 is 0. The number of halogens is 1. The lowest BCUT2D eigenvalue weighted by atomic mass is 9.81. The van der Waals surface area contributed by atoms with Crippen LogP contribution in [0.5, 0.6) is 0 Å². The van der Waals surface area contributed by atoms with Crippen LogP contribution >= 0.6 is 0 Å². The van der Waals surface area contributed by atoms with E-state index in [-0.39, 0.29) is 48.2 Å². The molecule has 2 aromatic rings. The Hall–Kier alpha value is -2.49. The quantitative estimate of drug-likeness (QED) is 0.905. The van der Waals surface area contributed by atoms with Gasteiger partial charge in [0.15, 0.2) is 0 Å². The van der Waals surface area contributed by atoms with Gasteiger partial charge in [-0.25, -0.2) is 4.39 Å². The van der Waals surface area contributed by atoms with E-state index in [0.29, 0.717) is 0 Å². The summed E-state index contributed by atoms with van der Waals surface area (Å²) in [5.74, 6) is -0.751. The largest absolute Gasteiger partial charge is 0.353 e. The molecule has 130 valence electrons. The minimum absolute atomic E-state index is 0.00109. The van der Waals surface area contributed by atoms with Crippen LogP contribution in [0.4, 0.5) is 4.39 Å². The molecule has 0 spiro atoms. The molecule has 1 fully saturated rings. The van der Waals surface area contributed by atoms with Crippen LogP contribution in [-0.2, 0) is 16.0 Å². The number of carbonyl (C=O) groups excluding carboxylic acids is 2. The Morgan fingerprint density at radius 1 is 1.08 bits per heavy atom. The number of Topliss-reactive ketones (excluding diaryl/α,β-unsaturated/α-hetero) is 1. The molecule has 3 nitrogen and oxygen atoms in total. The van der Waals surface area contributed by atoms with Gasteiger partial charge in [0, 0.05) is 24.8 Å². The molecule has 1 saturated heterocycles. The van der Waals surface area contributed by atoms with E-state index in [9.17, 15) is 14.0 Å². The average Bonchev–Trinajstić information content (AvgIpc) is 2.84. The van der Waals surface area contributed by atoms with E-state index in [0.717, 1.165) is 16.7 Å². The zero-order chi connectivity index (χ0) is 18.0. The predicted molar refractivity (Wildman–Crippen MR) is 94.7 cm³/mol. The molecule has 0 bridgehead atoms. The molecule has 0 aromatic heterocycles. The summed E-state index contributed by atoms with van der Waals surface area (Å²) in [6.07, 6.45) is 0.422. The zero-order valence-corrected chi connectivity index (χ0v) is 14.5. The smallest absolute Gasteiger partial charge is 0.224 e. The SMILES string of the molecule is Cc1ccc([C@H]2[C@H](CC(=O)Cc3ccc(F)cc3)C(=O)N[C@@H]2C)cc1. The summed E-state index contributed by atoms with van der Waals surface area (Å²) in [5, 5.41) is 2.97. The Labute approximate surface area is 147 Å². The van der Waals surface area contributed by atoms with Gasteiger partial charge in [0.2, 0.25) is 5.91 Å². The summed E-state index contributed by atoms with van der Waals surface area (Å²) in [6.45, 7) is 4.00. The van der Waals surface area contributed by atoms with Crippen molar-refractivity contribution < 1.29 is 14.0 Å². The van der Waals surface area contributed by atoms with Gasteiger partial charge in [0.1, 0.15) is 11.6 Å². The van der Waals surface area contributed by atoms with E-state index >= 15 is 0 Å². The van der Waals surface area contributed by atoms with Crippen LogP contribution in [0.1, 0.15) is 36.0 Å². The maximum absolute atomic E-state index is 13.0. The summed E-state index contributed by atoms with van der Waals surface area (Å²) in [7, 11) is 0. The number of hydrogen-bond acceptors (Lipinski definition) is 2. The van der Waals surface area contributed by atoms with Crippen molar-refractivity contribution in [2.45, 2.75) is 38.6 Å². The molecular formula is C21H22FNO2. The Morgan fingerprint density at radius 3 is 2.36 bits per heavy atom. The van der Waals surface area contributed by atoms with Gasteiger partial charge in [0.25, 0.3) is 0 Å². The third-order valence-electron chi connectivity index (χ3n) is 4.90. The molecule has 25 heavy (non-hydrogen) atoms. The summed E-state index contributed by atoms with van der Waals surface area (Å²) < 4.78 is 13.0. The molecule has 0 radical (unpaired) electrons. The van der Waals surface area contributed by atoms with Crippen molar-refractivity contribution in [2.24, 2.45) is 5.92 Å². The Balaban J connectivity index is 1.74. The van der Waals surface area contributed by atoms with Crippen molar-refractivity contribution >= 4 is 11.7 Å². The first-order chi connectivity index (χ1) is 11.9. The first-order valence-corrected chi connectivity index (χ1v) is 8.57. The molecule has 4 heteroatoms. The maximum Gasteiger partial charge on any atom is 0.224 e. The minimum Gasteiger partial charge on any atom is -0.353 e. The number of hydrogen-bond donors (Lipinski definition) is 1.